The Bertz CT molecular complexity index is 4770. The number of phenols is 1. The van der Waals surface area contributed by atoms with Crippen LogP contribution in [0.15, 0.2) is 221 Å². The number of fused-ring (bicyclic) bond motifs is 6. The van der Waals surface area contributed by atoms with Crippen molar-refractivity contribution in [2.24, 2.45) is 0 Å². The number of methoxy groups -OCH3 is 1. The molecule has 0 aliphatic rings. The molecule has 0 fully saturated rings. The summed E-state index contributed by atoms with van der Waals surface area (Å²) in [6.07, 6.45) is -5.84. The lowest BCUT2D eigenvalue weighted by Crippen LogP contribution is -2.14. The summed E-state index contributed by atoms with van der Waals surface area (Å²) in [6.45, 7) is 0. The van der Waals surface area contributed by atoms with Crippen LogP contribution < -0.4 is 44.1 Å². The van der Waals surface area contributed by atoms with Crippen LogP contribution in [0.2, 0.25) is 10.0 Å². The van der Waals surface area contributed by atoms with Gasteiger partial charge in [0.25, 0.3) is 5.56 Å². The van der Waals surface area contributed by atoms with Gasteiger partial charge in [0, 0.05) is 85.4 Å². The average molecular weight is 1220 g/mol. The Hall–Kier alpha value is -10.8. The number of pyridine rings is 2. The summed E-state index contributed by atoms with van der Waals surface area (Å²) in [5.74, 6) is 0.452. The number of halogens is 8. The molecule has 13 rings (SSSR count). The van der Waals surface area contributed by atoms with E-state index in [2.05, 4.69) is 34.3 Å². The molecule has 436 valence electrons. The molecular formula is C61H42Cl2F6N8O9. The molecule has 6 heterocycles. The molecule has 0 aliphatic heterocycles. The fourth-order valence-corrected chi connectivity index (χ4v) is 8.44. The highest BCUT2D eigenvalue weighted by Crippen LogP contribution is 2.37. The Morgan fingerprint density at radius 1 is 0.547 bits per heavy atom. The number of para-hydroxylation sites is 3. The number of anilines is 2. The molecule has 8 N–H and O–H groups in total. The van der Waals surface area contributed by atoms with E-state index in [1.165, 1.54) is 55.6 Å². The van der Waals surface area contributed by atoms with Crippen LogP contribution in [0.3, 0.4) is 0 Å². The van der Waals surface area contributed by atoms with E-state index in [1.54, 1.807) is 42.7 Å². The van der Waals surface area contributed by atoms with Gasteiger partial charge < -0.3 is 45.1 Å². The van der Waals surface area contributed by atoms with Crippen LogP contribution in [-0.2, 0) is 12.4 Å². The molecule has 0 radical (unpaired) electrons. The van der Waals surface area contributed by atoms with Crippen LogP contribution in [-0.4, -0.2) is 42.1 Å². The smallest absolute Gasteiger partial charge is 0.417 e. The van der Waals surface area contributed by atoms with Crippen molar-refractivity contribution in [3.8, 4) is 22.9 Å². The predicted molar refractivity (Wildman–Crippen MR) is 319 cm³/mol. The molecule has 0 atom stereocenters. The SMILES string of the molecule is COc1cc2[nH]c(=O)cc(C(F)(F)F)c2cc1N.Nc1ccc2c(C(F)(F)F)cc(=O)oc2c1.O=c1[nH]c(-c2cc(Cl)ccc2O)nc2ccc(Cl)cc12.O=c1ccc2ccccc2[nH]1.O=c1ccc2ccccc2o1.c1ccc2ncncc2c1. The van der Waals surface area contributed by atoms with Crippen molar-refractivity contribution in [2.45, 2.75) is 12.4 Å². The lowest BCUT2D eigenvalue weighted by molar-refractivity contribution is -0.137. The van der Waals surface area contributed by atoms with E-state index in [4.69, 9.17) is 43.8 Å². The van der Waals surface area contributed by atoms with E-state index in [0.29, 0.717) is 44.2 Å². The fourth-order valence-electron chi connectivity index (χ4n) is 8.09. The van der Waals surface area contributed by atoms with Gasteiger partial charge in [0.15, 0.2) is 0 Å². The van der Waals surface area contributed by atoms with Crippen molar-refractivity contribution >= 4 is 100 Å². The van der Waals surface area contributed by atoms with Gasteiger partial charge in [0.1, 0.15) is 34.8 Å². The van der Waals surface area contributed by atoms with Crippen molar-refractivity contribution in [1.29, 1.82) is 0 Å². The third-order valence-corrected chi connectivity index (χ3v) is 12.5. The van der Waals surface area contributed by atoms with Crippen LogP contribution in [0, 0.1) is 0 Å². The highest BCUT2D eigenvalue weighted by atomic mass is 35.5. The second-order valence-corrected chi connectivity index (χ2v) is 18.8. The number of nitrogens with two attached hydrogens (primary N) is 2. The Labute approximate surface area is 488 Å². The third-order valence-electron chi connectivity index (χ3n) is 12.0. The number of nitrogens with one attached hydrogen (secondary N) is 3. The number of benzene rings is 7. The number of H-pyrrole nitrogens is 3. The van der Waals surface area contributed by atoms with Crippen molar-refractivity contribution < 1.29 is 45.0 Å². The summed E-state index contributed by atoms with van der Waals surface area (Å²) < 4.78 is 90.6. The molecule has 0 bridgehead atoms. The molecular weight excluding hydrogens is 1170 g/mol. The Kier molecular flexibility index (Phi) is 19.0. The molecule has 0 saturated carbocycles. The highest BCUT2D eigenvalue weighted by molar-refractivity contribution is 6.31. The first-order chi connectivity index (χ1) is 40.9. The molecule has 0 aliphatic carbocycles. The maximum absolute atomic E-state index is 12.8. The van der Waals surface area contributed by atoms with Crippen LogP contribution in [0.4, 0.5) is 37.7 Å². The molecule has 6 aromatic heterocycles. The van der Waals surface area contributed by atoms with E-state index in [9.17, 15) is 55.4 Å². The summed E-state index contributed by atoms with van der Waals surface area (Å²) >= 11 is 11.8. The number of hydrogen-bond acceptors (Lipinski definition) is 14. The maximum atomic E-state index is 12.8. The molecule has 7 aromatic carbocycles. The lowest BCUT2D eigenvalue weighted by atomic mass is 10.1. The fraction of sp³-hybridized carbons (Fsp3) is 0.0492. The molecule has 0 amide bonds. The van der Waals surface area contributed by atoms with Gasteiger partial charge in [-0.3, -0.25) is 14.4 Å². The second kappa shape index (κ2) is 26.6. The Balaban J connectivity index is 0.000000136. The number of aromatic amines is 3. The lowest BCUT2D eigenvalue weighted by Gasteiger charge is -2.12. The van der Waals surface area contributed by atoms with E-state index in [0.717, 1.165) is 33.3 Å². The van der Waals surface area contributed by atoms with Crippen LogP contribution in [0.1, 0.15) is 11.1 Å². The van der Waals surface area contributed by atoms with Crippen LogP contribution in [0.25, 0.3) is 76.9 Å². The van der Waals surface area contributed by atoms with Crippen LogP contribution >= 0.6 is 23.2 Å². The summed E-state index contributed by atoms with van der Waals surface area (Å²) in [4.78, 5) is 75.7. The van der Waals surface area contributed by atoms with E-state index in [-0.39, 0.29) is 67.3 Å². The maximum Gasteiger partial charge on any atom is 0.417 e. The number of rotatable bonds is 2. The van der Waals surface area contributed by atoms with Gasteiger partial charge in [-0.15, -0.1) is 0 Å². The molecule has 17 nitrogen and oxygen atoms in total. The molecule has 25 heteroatoms. The summed E-state index contributed by atoms with van der Waals surface area (Å²) in [5.41, 5.74) is 9.91. The second-order valence-electron chi connectivity index (χ2n) is 17.9. The molecule has 0 saturated heterocycles. The number of phenolic OH excluding ortho intramolecular Hbond substituents is 1. The van der Waals surface area contributed by atoms with Gasteiger partial charge in [0.05, 0.1) is 51.4 Å². The van der Waals surface area contributed by atoms with E-state index < -0.39 is 34.7 Å². The minimum Gasteiger partial charge on any atom is -0.507 e. The van der Waals surface area contributed by atoms with Crippen molar-refractivity contribution in [1.82, 2.24) is 29.9 Å². The predicted octanol–water partition coefficient (Wildman–Crippen LogP) is 13.1. The zero-order valence-corrected chi connectivity index (χ0v) is 45.6. The normalized spacial score (nSPS) is 11.0. The first-order valence-electron chi connectivity index (χ1n) is 24.8. The number of hydrogen-bond donors (Lipinski definition) is 6. The number of ether oxygens (including phenoxy) is 1. The quantitative estimate of drug-likeness (QED) is 0.0533. The van der Waals surface area contributed by atoms with Gasteiger partial charge in [0.2, 0.25) is 11.1 Å². The monoisotopic (exact) mass is 1210 g/mol. The molecule has 86 heavy (non-hydrogen) atoms. The summed E-state index contributed by atoms with van der Waals surface area (Å²) in [7, 11) is 1.34. The Morgan fingerprint density at radius 3 is 1.92 bits per heavy atom. The molecule has 13 aromatic rings. The topological polar surface area (TPSA) is 279 Å². The minimum atomic E-state index is -4.62. The number of aromatic nitrogens is 6. The van der Waals surface area contributed by atoms with E-state index >= 15 is 0 Å². The van der Waals surface area contributed by atoms with Gasteiger partial charge in [-0.25, -0.2) is 24.5 Å². The van der Waals surface area contributed by atoms with Crippen molar-refractivity contribution in [2.75, 3.05) is 18.6 Å². The zero-order chi connectivity index (χ0) is 61.9. The number of nitrogen functional groups attached to an aromatic ring is 2. The molecule has 0 unspecified atom stereocenters. The van der Waals surface area contributed by atoms with Gasteiger partial charge in [-0.1, -0.05) is 77.8 Å². The van der Waals surface area contributed by atoms with Crippen molar-refractivity contribution in [3.63, 3.8) is 0 Å². The number of aromatic hydroxyl groups is 1. The van der Waals surface area contributed by atoms with Crippen molar-refractivity contribution in [3.05, 3.63) is 262 Å². The summed E-state index contributed by atoms with van der Waals surface area (Å²) in [6, 6.07) is 45.9. The highest BCUT2D eigenvalue weighted by Gasteiger charge is 2.34. The number of alkyl halides is 6. The number of nitrogens with zero attached hydrogens (tertiary/aromatic N) is 3. The van der Waals surface area contributed by atoms with Gasteiger partial charge in [-0.05, 0) is 90.3 Å². The first kappa shape index (κ1) is 61.3. The third kappa shape index (κ3) is 15.6. The summed E-state index contributed by atoms with van der Waals surface area (Å²) in [5, 5.41) is 13.9. The van der Waals surface area contributed by atoms with Gasteiger partial charge in [-0.2, -0.15) is 26.3 Å². The average Bonchev–Trinajstić information content (AvgIpc) is 2.33. The standard InChI is InChI=1S/C14H8Cl2N2O2.C11H9F3N2O2.C10H6F3NO2.C9H7NO.C9H6O2.C8H6N2/c15-7-1-3-11-9(5-7)14(20)18-13(17-11)10-6-8(16)2-4-12(10)19;1-18-9-4-8-5(2-7(9)15)6(11(12,13)14)3-10(17)16-8;11-10(12,13)7-4-9(15)16-8-3-5(14)1-2-6(7)8;11-9-6-5-7-3-1-2-4-8(7)10-9;10-9-6-5-7-3-1-2-4-8(7)11-9;1-2-4-8-7(3-1)5-9-6-10-8/h1-6,19H,(H,17,18,20);2-4H,15H2,1H3,(H,16,17);1-4H,14H2;1-6H,(H,10,11);1-6H;1-6H. The largest absolute Gasteiger partial charge is 0.507 e. The zero-order valence-electron chi connectivity index (χ0n) is 44.1. The van der Waals surface area contributed by atoms with E-state index in [1.807, 2.05) is 79.0 Å². The molecule has 0 spiro atoms. The van der Waals surface area contributed by atoms with Crippen LogP contribution in [0.5, 0.6) is 11.5 Å². The minimum absolute atomic E-state index is 0.00846. The van der Waals surface area contributed by atoms with Gasteiger partial charge >= 0.3 is 23.6 Å². The Morgan fingerprint density at radius 2 is 1.19 bits per heavy atom. The first-order valence-corrected chi connectivity index (χ1v) is 25.6.